The lowest BCUT2D eigenvalue weighted by Gasteiger charge is -2.06. The van der Waals surface area contributed by atoms with Crippen molar-refractivity contribution >= 4 is 34.5 Å². The van der Waals surface area contributed by atoms with E-state index in [0.717, 1.165) is 21.8 Å². The van der Waals surface area contributed by atoms with E-state index in [2.05, 4.69) is 15.3 Å². The van der Waals surface area contributed by atoms with Crippen LogP contribution in [-0.4, -0.2) is 20.9 Å². The predicted octanol–water partition coefficient (Wildman–Crippen LogP) is 6.13. The molecule has 0 aliphatic rings. The van der Waals surface area contributed by atoms with Crippen LogP contribution in [0.25, 0.3) is 33.2 Å². The Bertz CT molecular complexity index is 1510. The molecule has 0 spiro atoms. The van der Waals surface area contributed by atoms with E-state index >= 15 is 0 Å². The van der Waals surface area contributed by atoms with Crippen LogP contribution in [0.2, 0.25) is 5.02 Å². The number of hydrogen-bond acceptors (Lipinski definition) is 5. The van der Waals surface area contributed by atoms with Crippen molar-refractivity contribution in [3.8, 4) is 33.2 Å². The maximum absolute atomic E-state index is 12.6. The summed E-state index contributed by atoms with van der Waals surface area (Å²) in [6.45, 7) is 0. The van der Waals surface area contributed by atoms with Gasteiger partial charge in [0.05, 0.1) is 5.69 Å². The number of aromatic amines is 1. The van der Waals surface area contributed by atoms with Crippen LogP contribution in [0, 0.1) is 0 Å². The van der Waals surface area contributed by atoms with Crippen molar-refractivity contribution in [1.82, 2.24) is 15.0 Å². The molecule has 0 radical (unpaired) electrons. The Morgan fingerprint density at radius 3 is 2.29 bits per heavy atom. The van der Waals surface area contributed by atoms with Gasteiger partial charge in [-0.3, -0.25) is 9.59 Å². The number of H-pyrrole nitrogens is 1. The molecule has 0 fully saturated rings. The van der Waals surface area contributed by atoms with E-state index < -0.39 is 11.5 Å². The SMILES string of the molecule is O=C(Nc1ccc(-c2csc(-c3ccccc3)n2)cc1)c1cnc(-c2ccc(Cl)cc2)[nH]c1=O. The maximum Gasteiger partial charge on any atom is 0.264 e. The van der Waals surface area contributed by atoms with E-state index in [4.69, 9.17) is 16.6 Å². The number of hydrogen-bond donors (Lipinski definition) is 2. The molecule has 2 aromatic heterocycles. The lowest BCUT2D eigenvalue weighted by Crippen LogP contribution is -2.24. The summed E-state index contributed by atoms with van der Waals surface area (Å²) in [5.41, 5.74) is 3.53. The summed E-state index contributed by atoms with van der Waals surface area (Å²) in [4.78, 5) is 36.7. The van der Waals surface area contributed by atoms with Gasteiger partial charge in [0.25, 0.3) is 11.5 Å². The molecule has 0 saturated carbocycles. The second-order valence-electron chi connectivity index (χ2n) is 7.42. The number of nitrogens with one attached hydrogen (secondary N) is 2. The molecule has 3 aromatic carbocycles. The smallest absolute Gasteiger partial charge is 0.264 e. The zero-order chi connectivity index (χ0) is 23.5. The summed E-state index contributed by atoms with van der Waals surface area (Å²) in [6.07, 6.45) is 1.27. The van der Waals surface area contributed by atoms with Gasteiger partial charge < -0.3 is 10.3 Å². The number of thiazole rings is 1. The van der Waals surface area contributed by atoms with E-state index in [1.165, 1.54) is 6.20 Å². The molecule has 8 heteroatoms. The average Bonchev–Trinajstić information content (AvgIpc) is 3.36. The van der Waals surface area contributed by atoms with Crippen LogP contribution in [0.1, 0.15) is 10.4 Å². The van der Waals surface area contributed by atoms with E-state index in [1.807, 2.05) is 47.8 Å². The van der Waals surface area contributed by atoms with Crippen molar-refractivity contribution in [2.45, 2.75) is 0 Å². The van der Waals surface area contributed by atoms with Gasteiger partial charge in [0.2, 0.25) is 0 Å². The third kappa shape index (κ3) is 4.66. The molecule has 34 heavy (non-hydrogen) atoms. The molecule has 1 amide bonds. The molecular formula is C26H17ClN4O2S. The molecule has 0 unspecified atom stereocenters. The van der Waals surface area contributed by atoms with Gasteiger partial charge in [0.15, 0.2) is 0 Å². The first-order valence-corrected chi connectivity index (χ1v) is 11.6. The topological polar surface area (TPSA) is 87.7 Å². The van der Waals surface area contributed by atoms with E-state index in [1.54, 1.807) is 47.7 Å². The van der Waals surface area contributed by atoms with Crippen LogP contribution >= 0.6 is 22.9 Å². The number of benzene rings is 3. The molecule has 5 rings (SSSR count). The minimum absolute atomic E-state index is 0.0752. The number of carbonyl (C=O) groups is 1. The number of rotatable bonds is 5. The molecule has 0 aliphatic heterocycles. The van der Waals surface area contributed by atoms with Crippen molar-refractivity contribution in [2.24, 2.45) is 0 Å². The zero-order valence-corrected chi connectivity index (χ0v) is 19.2. The van der Waals surface area contributed by atoms with Crippen LogP contribution in [0.4, 0.5) is 5.69 Å². The largest absolute Gasteiger partial charge is 0.322 e. The molecule has 0 atom stereocenters. The van der Waals surface area contributed by atoms with Crippen LogP contribution in [0.3, 0.4) is 0 Å². The first kappa shape index (κ1) is 21.8. The minimum atomic E-state index is -0.538. The van der Waals surface area contributed by atoms with Crippen molar-refractivity contribution in [3.63, 3.8) is 0 Å². The summed E-state index contributed by atoms with van der Waals surface area (Å²) in [6, 6.07) is 24.2. The first-order chi connectivity index (χ1) is 16.6. The third-order valence-corrected chi connectivity index (χ3v) is 6.27. The summed E-state index contributed by atoms with van der Waals surface area (Å²) in [7, 11) is 0. The fraction of sp³-hybridized carbons (Fsp3) is 0. The van der Waals surface area contributed by atoms with Gasteiger partial charge in [-0.05, 0) is 36.4 Å². The molecule has 0 bridgehead atoms. The van der Waals surface area contributed by atoms with Gasteiger partial charge in [-0.15, -0.1) is 11.3 Å². The Morgan fingerprint density at radius 1 is 0.882 bits per heavy atom. The zero-order valence-electron chi connectivity index (χ0n) is 17.7. The Balaban J connectivity index is 1.30. The molecule has 2 N–H and O–H groups in total. The second kappa shape index (κ2) is 9.43. The Hall–Kier alpha value is -4.07. The molecule has 0 saturated heterocycles. The second-order valence-corrected chi connectivity index (χ2v) is 8.71. The van der Waals surface area contributed by atoms with Crippen LogP contribution in [-0.2, 0) is 0 Å². The van der Waals surface area contributed by atoms with Crippen molar-refractivity contribution in [1.29, 1.82) is 0 Å². The summed E-state index contributed by atoms with van der Waals surface area (Å²) in [5, 5.41) is 6.27. The number of nitrogens with zero attached hydrogens (tertiary/aromatic N) is 2. The quantitative estimate of drug-likeness (QED) is 0.314. The van der Waals surface area contributed by atoms with Crippen LogP contribution < -0.4 is 10.9 Å². The fourth-order valence-corrected chi connectivity index (χ4v) is 4.31. The molecular weight excluding hydrogens is 468 g/mol. The van der Waals surface area contributed by atoms with Crippen molar-refractivity contribution in [3.05, 3.63) is 111 Å². The predicted molar refractivity (Wildman–Crippen MR) is 136 cm³/mol. The van der Waals surface area contributed by atoms with Gasteiger partial charge in [0, 0.05) is 39.0 Å². The molecule has 0 aliphatic carbocycles. The third-order valence-electron chi connectivity index (χ3n) is 5.13. The highest BCUT2D eigenvalue weighted by Crippen LogP contribution is 2.29. The fourth-order valence-electron chi connectivity index (χ4n) is 3.35. The molecule has 6 nitrogen and oxygen atoms in total. The van der Waals surface area contributed by atoms with E-state index in [-0.39, 0.29) is 5.56 Å². The normalized spacial score (nSPS) is 10.7. The number of halogens is 1. The Labute approximate surface area is 204 Å². The Kier molecular flexibility index (Phi) is 6.03. The monoisotopic (exact) mass is 484 g/mol. The summed E-state index contributed by atoms with van der Waals surface area (Å²) in [5.74, 6) is -0.176. The number of carbonyl (C=O) groups excluding carboxylic acids is 1. The number of anilines is 1. The van der Waals surface area contributed by atoms with Gasteiger partial charge in [-0.2, -0.15) is 0 Å². The lowest BCUT2D eigenvalue weighted by molar-refractivity contribution is 0.102. The van der Waals surface area contributed by atoms with Crippen molar-refractivity contribution in [2.75, 3.05) is 5.32 Å². The number of amides is 1. The average molecular weight is 485 g/mol. The molecule has 5 aromatic rings. The highest BCUT2D eigenvalue weighted by Gasteiger charge is 2.14. The van der Waals surface area contributed by atoms with Gasteiger partial charge in [-0.1, -0.05) is 54.1 Å². The van der Waals surface area contributed by atoms with Crippen LogP contribution in [0.15, 0.2) is 95.2 Å². The van der Waals surface area contributed by atoms with Crippen LogP contribution in [0.5, 0.6) is 0 Å². The Morgan fingerprint density at radius 2 is 1.59 bits per heavy atom. The summed E-state index contributed by atoms with van der Waals surface area (Å²) >= 11 is 7.48. The number of aromatic nitrogens is 3. The first-order valence-electron chi connectivity index (χ1n) is 10.3. The maximum atomic E-state index is 12.6. The van der Waals surface area contributed by atoms with Gasteiger partial charge >= 0.3 is 0 Å². The lowest BCUT2D eigenvalue weighted by atomic mass is 10.1. The van der Waals surface area contributed by atoms with E-state index in [0.29, 0.717) is 22.1 Å². The molecule has 166 valence electrons. The highest BCUT2D eigenvalue weighted by atomic mass is 35.5. The van der Waals surface area contributed by atoms with Gasteiger partial charge in [0.1, 0.15) is 16.4 Å². The summed E-state index contributed by atoms with van der Waals surface area (Å²) < 4.78 is 0. The van der Waals surface area contributed by atoms with E-state index in [9.17, 15) is 9.59 Å². The van der Waals surface area contributed by atoms with Crippen molar-refractivity contribution < 1.29 is 4.79 Å². The minimum Gasteiger partial charge on any atom is -0.322 e. The van der Waals surface area contributed by atoms with Gasteiger partial charge in [-0.25, -0.2) is 9.97 Å². The molecule has 2 heterocycles. The highest BCUT2D eigenvalue weighted by molar-refractivity contribution is 7.13. The standard InChI is InChI=1S/C26H17ClN4O2S/c27-19-10-6-17(7-11-19)23-28-14-21(25(33)31-23)24(32)29-20-12-8-16(9-13-20)22-15-34-26(30-22)18-4-2-1-3-5-18/h1-15H,(H,29,32)(H,28,31,33).